The number of benzene rings is 2. The van der Waals surface area contributed by atoms with Crippen molar-refractivity contribution >= 4 is 33.5 Å². The van der Waals surface area contributed by atoms with E-state index in [1.54, 1.807) is 12.3 Å². The van der Waals surface area contributed by atoms with Gasteiger partial charge in [0.15, 0.2) is 11.6 Å². The minimum Gasteiger partial charge on any atom is -0.336 e. The summed E-state index contributed by atoms with van der Waals surface area (Å²) in [6, 6.07) is 22.5. The lowest BCUT2D eigenvalue weighted by Crippen LogP contribution is -2.14. The minimum atomic E-state index is -0.578. The second kappa shape index (κ2) is 10.1. The predicted molar refractivity (Wildman–Crippen MR) is 154 cm³/mol. The van der Waals surface area contributed by atoms with Crippen molar-refractivity contribution in [3.63, 3.8) is 0 Å². The van der Waals surface area contributed by atoms with Gasteiger partial charge in [0.25, 0.3) is 0 Å². The highest BCUT2D eigenvalue weighted by atomic mass is 19.1. The molecule has 0 aliphatic carbocycles. The molecule has 5 aromatic heterocycles. The Labute approximate surface area is 232 Å². The average Bonchev–Trinajstić information content (AvgIpc) is 3.63. The van der Waals surface area contributed by atoms with Crippen LogP contribution >= 0.6 is 0 Å². The van der Waals surface area contributed by atoms with Crippen LogP contribution in [0, 0.1) is 5.82 Å². The maximum Gasteiger partial charge on any atom is 0.228 e. The van der Waals surface area contributed by atoms with Crippen molar-refractivity contribution in [3.05, 3.63) is 109 Å². The van der Waals surface area contributed by atoms with Gasteiger partial charge in [-0.3, -0.25) is 24.8 Å². The molecule has 0 radical (unpaired) electrons. The maximum atomic E-state index is 16.1. The van der Waals surface area contributed by atoms with Crippen LogP contribution < -0.4 is 5.32 Å². The number of carbonyl (C=O) groups is 1. The van der Waals surface area contributed by atoms with E-state index in [0.717, 1.165) is 22.3 Å². The Kier molecular flexibility index (Phi) is 5.97. The molecule has 7 aromatic rings. The molecule has 0 fully saturated rings. The Balaban J connectivity index is 1.24. The number of halogens is 1. The molecule has 0 saturated carbocycles. The Hall–Kier alpha value is -5.77. The predicted octanol–water partition coefficient (Wildman–Crippen LogP) is 5.95. The van der Waals surface area contributed by atoms with Crippen LogP contribution in [0.15, 0.2) is 97.6 Å². The fourth-order valence-electron chi connectivity index (χ4n) is 4.85. The first-order chi connectivity index (χ1) is 20.1. The summed E-state index contributed by atoms with van der Waals surface area (Å²) in [5.41, 5.74) is 5.72. The molecule has 2 aromatic carbocycles. The number of anilines is 1. The molecule has 0 atom stereocenters. The van der Waals surface area contributed by atoms with Crippen molar-refractivity contribution in [2.24, 2.45) is 0 Å². The van der Waals surface area contributed by atoms with E-state index in [9.17, 15) is 4.79 Å². The van der Waals surface area contributed by atoms with Crippen LogP contribution in [0.25, 0.3) is 56.0 Å². The summed E-state index contributed by atoms with van der Waals surface area (Å²) in [4.78, 5) is 33.6. The van der Waals surface area contributed by atoms with Gasteiger partial charge in [0.2, 0.25) is 5.91 Å². The molecule has 5 heterocycles. The number of fused-ring (bicyclic) bond motifs is 2. The van der Waals surface area contributed by atoms with Gasteiger partial charge in [-0.05, 0) is 29.8 Å². The third-order valence-electron chi connectivity index (χ3n) is 6.73. The lowest BCUT2D eigenvalue weighted by molar-refractivity contribution is -0.115. The van der Waals surface area contributed by atoms with Crippen LogP contribution in [0.2, 0.25) is 0 Å². The van der Waals surface area contributed by atoms with Gasteiger partial charge in [-0.25, -0.2) is 9.37 Å². The third-order valence-corrected chi connectivity index (χ3v) is 6.73. The van der Waals surface area contributed by atoms with E-state index in [1.165, 1.54) is 18.6 Å². The summed E-state index contributed by atoms with van der Waals surface area (Å²) in [5.74, 6) is -0.372. The van der Waals surface area contributed by atoms with Gasteiger partial charge >= 0.3 is 0 Å². The van der Waals surface area contributed by atoms with Crippen molar-refractivity contribution in [2.75, 3.05) is 5.32 Å². The number of amides is 1. The van der Waals surface area contributed by atoms with Crippen molar-refractivity contribution < 1.29 is 9.18 Å². The lowest BCUT2D eigenvalue weighted by Gasteiger charge is -2.08. The van der Waals surface area contributed by atoms with Gasteiger partial charge in [-0.15, -0.1) is 0 Å². The highest BCUT2D eigenvalue weighted by Crippen LogP contribution is 2.34. The lowest BCUT2D eigenvalue weighted by atomic mass is 10.1. The van der Waals surface area contributed by atoms with Crippen LogP contribution in [0.4, 0.5) is 10.1 Å². The van der Waals surface area contributed by atoms with Gasteiger partial charge in [0.1, 0.15) is 11.4 Å². The Bertz CT molecular complexity index is 2040. The molecule has 7 rings (SSSR count). The molecular formula is C31H21FN8O. The highest BCUT2D eigenvalue weighted by molar-refractivity contribution is 5.98. The fourth-order valence-corrected chi connectivity index (χ4v) is 4.85. The van der Waals surface area contributed by atoms with Crippen LogP contribution in [-0.4, -0.2) is 41.0 Å². The first kappa shape index (κ1) is 24.3. The van der Waals surface area contributed by atoms with E-state index in [1.807, 2.05) is 66.7 Å². The van der Waals surface area contributed by atoms with Gasteiger partial charge in [0, 0.05) is 23.5 Å². The van der Waals surface area contributed by atoms with E-state index >= 15 is 4.39 Å². The second-order valence-corrected chi connectivity index (χ2v) is 9.45. The molecule has 41 heavy (non-hydrogen) atoms. The SMILES string of the molecule is O=C(Cc1ccccc1)Nc1cncc(-c2ncc3[nH]nc(-c4nc5cccc(-c6ccccn6)c5[nH]4)c3c2F)c1. The number of pyridine rings is 3. The molecule has 198 valence electrons. The number of hydrogen-bond acceptors (Lipinski definition) is 6. The van der Waals surface area contributed by atoms with Gasteiger partial charge in [0.05, 0.1) is 52.1 Å². The summed E-state index contributed by atoms with van der Waals surface area (Å²) in [7, 11) is 0. The average molecular weight is 541 g/mol. The van der Waals surface area contributed by atoms with Crippen LogP contribution in [0.5, 0.6) is 0 Å². The van der Waals surface area contributed by atoms with Crippen molar-refractivity contribution in [1.82, 2.24) is 35.1 Å². The number of para-hydroxylation sites is 1. The van der Waals surface area contributed by atoms with E-state index < -0.39 is 5.82 Å². The second-order valence-electron chi connectivity index (χ2n) is 9.45. The Morgan fingerprint density at radius 2 is 1.78 bits per heavy atom. The monoisotopic (exact) mass is 540 g/mol. The molecule has 0 spiro atoms. The van der Waals surface area contributed by atoms with Gasteiger partial charge in [-0.2, -0.15) is 5.10 Å². The molecule has 0 saturated heterocycles. The van der Waals surface area contributed by atoms with Gasteiger partial charge < -0.3 is 10.3 Å². The zero-order valence-electron chi connectivity index (χ0n) is 21.5. The molecule has 0 aliphatic rings. The number of aromatic nitrogens is 7. The molecule has 1 amide bonds. The molecule has 9 nitrogen and oxygen atoms in total. The van der Waals surface area contributed by atoms with E-state index in [-0.39, 0.29) is 23.4 Å². The number of nitrogens with one attached hydrogen (secondary N) is 3. The molecule has 0 bridgehead atoms. The number of H-pyrrole nitrogens is 2. The van der Waals surface area contributed by atoms with Crippen LogP contribution in [-0.2, 0) is 11.2 Å². The molecule has 0 aliphatic heterocycles. The summed E-state index contributed by atoms with van der Waals surface area (Å²) in [5, 5.41) is 10.3. The summed E-state index contributed by atoms with van der Waals surface area (Å²) in [6.07, 6.45) is 6.48. The Morgan fingerprint density at radius 1 is 0.902 bits per heavy atom. The largest absolute Gasteiger partial charge is 0.336 e. The summed E-state index contributed by atoms with van der Waals surface area (Å²) in [6.45, 7) is 0. The quantitative estimate of drug-likeness (QED) is 0.240. The molecule has 0 unspecified atom stereocenters. The molecule has 3 N–H and O–H groups in total. The number of rotatable bonds is 6. The minimum absolute atomic E-state index is 0.0806. The first-order valence-electron chi connectivity index (χ1n) is 12.9. The number of hydrogen-bond donors (Lipinski definition) is 3. The van der Waals surface area contributed by atoms with Crippen molar-refractivity contribution in [3.8, 4) is 34.0 Å². The van der Waals surface area contributed by atoms with Crippen LogP contribution in [0.1, 0.15) is 5.56 Å². The molecule has 10 heteroatoms. The van der Waals surface area contributed by atoms with E-state index in [2.05, 4.69) is 35.5 Å². The van der Waals surface area contributed by atoms with Gasteiger partial charge in [-0.1, -0.05) is 48.5 Å². The summed E-state index contributed by atoms with van der Waals surface area (Å²) >= 11 is 0. The topological polar surface area (TPSA) is 125 Å². The Morgan fingerprint density at radius 3 is 2.63 bits per heavy atom. The standard InChI is InChI=1S/C31H21FN8O/c32-27-26-24(17-35-28(27)19-14-20(16-33-15-19)36-25(41)13-18-7-2-1-3-8-18)39-40-30(26)31-37-23-11-6-9-21(29(23)38-31)22-10-4-5-12-34-22/h1-12,14-17H,13H2,(H,36,41)(H,37,38)(H,39,40). The zero-order valence-corrected chi connectivity index (χ0v) is 21.5. The summed E-state index contributed by atoms with van der Waals surface area (Å²) < 4.78 is 16.1. The maximum absolute atomic E-state index is 16.1. The number of carbonyl (C=O) groups excluding carboxylic acids is 1. The van der Waals surface area contributed by atoms with Crippen molar-refractivity contribution in [2.45, 2.75) is 6.42 Å². The molecular weight excluding hydrogens is 519 g/mol. The number of nitrogens with zero attached hydrogens (tertiary/aromatic N) is 5. The fraction of sp³-hybridized carbons (Fsp3) is 0.0323. The number of aromatic amines is 2. The number of imidazole rings is 1. The van der Waals surface area contributed by atoms with E-state index in [4.69, 9.17) is 4.98 Å². The van der Waals surface area contributed by atoms with Crippen LogP contribution in [0.3, 0.4) is 0 Å². The van der Waals surface area contributed by atoms with Crippen molar-refractivity contribution in [1.29, 1.82) is 0 Å². The normalized spacial score (nSPS) is 11.2. The zero-order chi connectivity index (χ0) is 27.8. The third kappa shape index (κ3) is 4.57. The van der Waals surface area contributed by atoms with E-state index in [0.29, 0.717) is 33.8 Å². The first-order valence-corrected chi connectivity index (χ1v) is 12.9. The smallest absolute Gasteiger partial charge is 0.228 e. The highest BCUT2D eigenvalue weighted by Gasteiger charge is 2.21.